The molecule has 0 atom stereocenters. The van der Waals surface area contributed by atoms with Crippen LogP contribution in [0.15, 0.2) is 168 Å². The van der Waals surface area contributed by atoms with Gasteiger partial charge in [-0.1, -0.05) is 144 Å². The summed E-state index contributed by atoms with van der Waals surface area (Å²) >= 11 is 0. The number of rotatable bonds is 7. The third-order valence-corrected chi connectivity index (χ3v) is 14.5. The van der Waals surface area contributed by atoms with E-state index in [2.05, 4.69) is 166 Å². The Balaban J connectivity index is 0.000000273. The van der Waals surface area contributed by atoms with Crippen molar-refractivity contribution in [1.29, 1.82) is 0 Å². The summed E-state index contributed by atoms with van der Waals surface area (Å²) in [4.78, 5) is 9.75. The number of imidazole rings is 1. The molecule has 0 aliphatic rings. The third-order valence-electron chi connectivity index (χ3n) is 12.5. The Morgan fingerprint density at radius 1 is 0.652 bits per heavy atom. The van der Waals surface area contributed by atoms with Gasteiger partial charge in [0.15, 0.2) is 0 Å². The smallest absolute Gasteiger partial charge is 0.121 e. The fourth-order valence-electron chi connectivity index (χ4n) is 9.04. The molecule has 0 amide bonds. The Morgan fingerprint density at radius 2 is 1.35 bits per heavy atom. The molecule has 8 aromatic carbocycles. The number of nitrogens with zero attached hydrogens (tertiary/aromatic N) is 3. The van der Waals surface area contributed by atoms with E-state index in [1.165, 1.54) is 33.5 Å². The fourth-order valence-corrected chi connectivity index (χ4v) is 10.1. The minimum absolute atomic E-state index is 0. The summed E-state index contributed by atoms with van der Waals surface area (Å²) in [7, 11) is -1.23. The van der Waals surface area contributed by atoms with Gasteiger partial charge in [-0.3, -0.25) is 9.37 Å². The zero-order valence-corrected chi connectivity index (χ0v) is 41.6. The first-order valence-corrected chi connectivity index (χ1v) is 26.0. The molecule has 329 valence electrons. The topological polar surface area (TPSA) is 43.9 Å². The van der Waals surface area contributed by atoms with Gasteiger partial charge in [0.25, 0.3) is 0 Å². The number of hydrogen-bond acceptors (Lipinski definition) is 3. The molecule has 0 N–H and O–H groups in total. The van der Waals surface area contributed by atoms with Crippen molar-refractivity contribution in [2.75, 3.05) is 0 Å². The van der Waals surface area contributed by atoms with Gasteiger partial charge in [-0.2, -0.15) is 0 Å². The third kappa shape index (κ3) is 8.21. The number of benzene rings is 8. The molecule has 7 heteroatoms. The Kier molecular flexibility index (Phi) is 12.2. The Morgan fingerprint density at radius 3 is 2.05 bits per heavy atom. The Hall–Kier alpha value is -6.50. The second-order valence-corrected chi connectivity index (χ2v) is 23.6. The second kappa shape index (κ2) is 18.1. The quantitative estimate of drug-likeness (QED) is 0.0908. The van der Waals surface area contributed by atoms with Crippen LogP contribution in [-0.4, -0.2) is 22.6 Å². The maximum atomic E-state index is 16.0. The molecular formula is C59H50FIrN3OSi-2. The van der Waals surface area contributed by atoms with E-state index in [4.69, 9.17) is 9.40 Å². The Bertz CT molecular complexity index is 3510. The predicted octanol–water partition coefficient (Wildman–Crippen LogP) is 15.8. The van der Waals surface area contributed by atoms with Crippen molar-refractivity contribution in [3.8, 4) is 39.5 Å². The molecule has 11 rings (SSSR count). The number of halogens is 1. The van der Waals surface area contributed by atoms with Crippen LogP contribution in [0.25, 0.3) is 94.0 Å². The van der Waals surface area contributed by atoms with E-state index in [-0.39, 0.29) is 37.8 Å². The summed E-state index contributed by atoms with van der Waals surface area (Å²) in [6.07, 6.45) is 2.02. The van der Waals surface area contributed by atoms with Gasteiger partial charge in [0.1, 0.15) is 5.58 Å². The first-order chi connectivity index (χ1) is 31.4. The molecule has 11 aromatic rings. The molecule has 66 heavy (non-hydrogen) atoms. The summed E-state index contributed by atoms with van der Waals surface area (Å²) < 4.78 is 24.9. The van der Waals surface area contributed by atoms with Gasteiger partial charge in [-0.25, -0.2) is 0 Å². The molecule has 1 radical (unpaired) electrons. The number of aromatic nitrogens is 3. The Labute approximate surface area is 400 Å². The zero-order chi connectivity index (χ0) is 45.0. The summed E-state index contributed by atoms with van der Waals surface area (Å²) in [5.74, 6) is 0.751. The number of hydrogen-bond donors (Lipinski definition) is 0. The van der Waals surface area contributed by atoms with Crippen molar-refractivity contribution in [2.45, 2.75) is 59.2 Å². The van der Waals surface area contributed by atoms with Gasteiger partial charge in [-0.05, 0) is 108 Å². The minimum Gasteiger partial charge on any atom is -0.500 e. The van der Waals surface area contributed by atoms with Gasteiger partial charge in [-0.15, -0.1) is 48.0 Å². The van der Waals surface area contributed by atoms with Crippen LogP contribution >= 0.6 is 0 Å². The standard InChI is InChI=1S/C45H34FN2O.C14H16NSi.Ir/c1-26(2)34-23-31(28-12-6-5-7-13-28)24-35(27(3)4)43(34)48-40-17-11-10-16-39(40)47-45(48)33-20-21-38(46)42-37-22-30-19-18-29-14-8-9-15-32(29)36(30)25-41(37)49-44(33)42;1-16(2,3)13-9-10-14(15-11-13)12-7-5-4-6-8-12;/h5-19,21-27H,1-4H3;4-7,9-11H,1-3H3;/q2*-1;. The molecular weight excluding hydrogens is 1010 g/mol. The maximum absolute atomic E-state index is 16.0. The molecule has 0 saturated heterocycles. The van der Waals surface area contributed by atoms with Gasteiger partial charge >= 0.3 is 0 Å². The van der Waals surface area contributed by atoms with Crippen LogP contribution < -0.4 is 5.19 Å². The molecule has 0 spiro atoms. The number of furan rings is 1. The van der Waals surface area contributed by atoms with Gasteiger partial charge < -0.3 is 14.0 Å². The average Bonchev–Trinajstić information content (AvgIpc) is 3.90. The van der Waals surface area contributed by atoms with Crippen LogP contribution in [0, 0.1) is 17.9 Å². The number of pyridine rings is 1. The summed E-state index contributed by atoms with van der Waals surface area (Å²) in [5, 5.41) is 6.99. The minimum atomic E-state index is -1.23. The maximum Gasteiger partial charge on any atom is 0.121 e. The zero-order valence-electron chi connectivity index (χ0n) is 38.2. The summed E-state index contributed by atoms with van der Waals surface area (Å²) in [6, 6.07) is 60.2. The monoisotopic (exact) mass is 1060 g/mol. The first-order valence-electron chi connectivity index (χ1n) is 22.5. The molecule has 0 aliphatic heterocycles. The number of fused-ring (bicyclic) bond motifs is 7. The van der Waals surface area contributed by atoms with Crippen LogP contribution in [0.5, 0.6) is 0 Å². The average molecular weight is 1060 g/mol. The van der Waals surface area contributed by atoms with Crippen molar-refractivity contribution in [3.63, 3.8) is 0 Å². The molecule has 0 aliphatic carbocycles. The second-order valence-electron chi connectivity index (χ2n) is 18.6. The molecule has 0 saturated carbocycles. The normalized spacial score (nSPS) is 11.8. The van der Waals surface area contributed by atoms with Crippen molar-refractivity contribution in [3.05, 3.63) is 193 Å². The van der Waals surface area contributed by atoms with Gasteiger partial charge in [0.05, 0.1) is 30.5 Å². The van der Waals surface area contributed by atoms with Crippen molar-refractivity contribution >= 4 is 67.8 Å². The first kappa shape index (κ1) is 44.7. The van der Waals surface area contributed by atoms with Crippen molar-refractivity contribution in [1.82, 2.24) is 14.5 Å². The predicted molar refractivity (Wildman–Crippen MR) is 273 cm³/mol. The molecule has 3 heterocycles. The van der Waals surface area contributed by atoms with Gasteiger partial charge in [0.2, 0.25) is 0 Å². The van der Waals surface area contributed by atoms with E-state index >= 15 is 4.39 Å². The van der Waals surface area contributed by atoms with Crippen LogP contribution in [0.3, 0.4) is 0 Å². The van der Waals surface area contributed by atoms with E-state index in [0.717, 1.165) is 54.9 Å². The van der Waals surface area contributed by atoms with Crippen LogP contribution in [0.2, 0.25) is 19.6 Å². The molecule has 4 nitrogen and oxygen atoms in total. The molecule has 3 aromatic heterocycles. The van der Waals surface area contributed by atoms with Gasteiger partial charge in [0, 0.05) is 43.2 Å². The molecule has 0 bridgehead atoms. The largest absolute Gasteiger partial charge is 0.500 e. The van der Waals surface area contributed by atoms with E-state index in [9.17, 15) is 0 Å². The molecule has 0 unspecified atom stereocenters. The summed E-state index contributed by atoms with van der Waals surface area (Å²) in [5.41, 5.74) is 11.5. The fraction of sp³-hybridized carbons (Fsp3) is 0.153. The van der Waals surface area contributed by atoms with E-state index in [0.29, 0.717) is 27.9 Å². The van der Waals surface area contributed by atoms with Crippen molar-refractivity contribution in [2.24, 2.45) is 0 Å². The van der Waals surface area contributed by atoms with Crippen LogP contribution in [0.4, 0.5) is 4.39 Å². The van der Waals surface area contributed by atoms with Crippen LogP contribution in [-0.2, 0) is 20.1 Å². The summed E-state index contributed by atoms with van der Waals surface area (Å²) in [6.45, 7) is 16.0. The number of para-hydroxylation sites is 2. The van der Waals surface area contributed by atoms with E-state index in [1.54, 1.807) is 0 Å². The molecule has 0 fully saturated rings. The van der Waals surface area contributed by atoms with E-state index < -0.39 is 8.07 Å². The van der Waals surface area contributed by atoms with Crippen LogP contribution in [0.1, 0.15) is 50.7 Å². The van der Waals surface area contributed by atoms with Crippen molar-refractivity contribution < 1.29 is 28.9 Å². The SMILES string of the molecule is CC(C)c1cc(-c2ccccc2)cc(C(C)C)c1-n1c(-c2[c-]cc(F)c3c2oc2cc4c(ccc5ccccc54)cc23)nc2ccccc21.C[Si](C)(C)c1ccc(-c2[c-]cccc2)nc1.[Ir]. The van der Waals surface area contributed by atoms with E-state index in [1.807, 2.05) is 60.8 Å².